The number of aromatic hydroxyl groups is 1. The van der Waals surface area contributed by atoms with Crippen molar-refractivity contribution in [1.29, 1.82) is 0 Å². The quantitative estimate of drug-likeness (QED) is 0.606. The zero-order valence-corrected chi connectivity index (χ0v) is 14.0. The maximum absolute atomic E-state index is 11.8. The fourth-order valence-electron chi connectivity index (χ4n) is 2.34. The molecular formula is C19H22N2O3. The Morgan fingerprint density at radius 3 is 2.67 bits per heavy atom. The predicted molar refractivity (Wildman–Crippen MR) is 94.5 cm³/mol. The Bertz CT molecular complexity index is 709. The molecule has 1 amide bonds. The minimum Gasteiger partial charge on any atom is -0.508 e. The first-order chi connectivity index (χ1) is 11.6. The first-order valence-electron chi connectivity index (χ1n) is 7.83. The Balaban J connectivity index is 1.73. The van der Waals surface area contributed by atoms with E-state index in [1.165, 1.54) is 5.56 Å². The smallest absolute Gasteiger partial charge is 0.240 e. The molecule has 0 radical (unpaired) electrons. The Labute approximate surface area is 142 Å². The van der Waals surface area contributed by atoms with Crippen molar-refractivity contribution in [3.05, 3.63) is 59.2 Å². The second-order valence-electron chi connectivity index (χ2n) is 5.54. The summed E-state index contributed by atoms with van der Waals surface area (Å²) in [6.45, 7) is 2.01. The minimum atomic E-state index is -0.115. The molecule has 0 spiro atoms. The zero-order chi connectivity index (χ0) is 17.4. The molecule has 5 nitrogen and oxygen atoms in total. The van der Waals surface area contributed by atoms with E-state index in [1.54, 1.807) is 37.6 Å². The van der Waals surface area contributed by atoms with Crippen LogP contribution < -0.4 is 10.2 Å². The number of phenols is 1. The van der Waals surface area contributed by atoms with E-state index in [4.69, 9.17) is 4.74 Å². The molecular weight excluding hydrogens is 304 g/mol. The number of nitrogens with zero attached hydrogens (tertiary/aromatic N) is 1. The van der Waals surface area contributed by atoms with Gasteiger partial charge in [-0.25, -0.2) is 5.43 Å². The predicted octanol–water partition coefficient (Wildman–Crippen LogP) is 3.18. The number of methoxy groups -OCH3 is 1. The number of nitrogens with one attached hydrogen (secondary N) is 1. The zero-order valence-electron chi connectivity index (χ0n) is 14.0. The van der Waals surface area contributed by atoms with Crippen LogP contribution in [0, 0.1) is 6.92 Å². The molecule has 0 aliphatic carbocycles. The van der Waals surface area contributed by atoms with Crippen molar-refractivity contribution in [2.75, 3.05) is 7.11 Å². The van der Waals surface area contributed by atoms with Crippen LogP contribution in [0.5, 0.6) is 11.5 Å². The maximum atomic E-state index is 11.8. The van der Waals surface area contributed by atoms with Gasteiger partial charge < -0.3 is 9.84 Å². The molecule has 126 valence electrons. The molecule has 2 aromatic carbocycles. The summed E-state index contributed by atoms with van der Waals surface area (Å²) >= 11 is 0. The van der Waals surface area contributed by atoms with Crippen LogP contribution in [0.15, 0.2) is 47.6 Å². The monoisotopic (exact) mass is 326 g/mol. The third kappa shape index (κ3) is 5.43. The molecule has 0 bridgehead atoms. The standard InChI is InChI=1S/C19H22N2O3/c1-14-12-15(8-11-18(14)24-2)4-3-5-19(23)21-20-13-16-6-9-17(22)10-7-16/h6-13,22H,3-5H2,1-2H3,(H,21,23)/b20-13+. The van der Waals surface area contributed by atoms with Crippen LogP contribution in [0.25, 0.3) is 0 Å². The lowest BCUT2D eigenvalue weighted by atomic mass is 10.1. The number of hydrazone groups is 1. The summed E-state index contributed by atoms with van der Waals surface area (Å²) in [6.07, 6.45) is 3.55. The van der Waals surface area contributed by atoms with Gasteiger partial charge in [-0.05, 0) is 66.8 Å². The maximum Gasteiger partial charge on any atom is 0.240 e. The molecule has 2 aromatic rings. The molecule has 2 rings (SSSR count). The molecule has 24 heavy (non-hydrogen) atoms. The molecule has 0 aromatic heterocycles. The van der Waals surface area contributed by atoms with Gasteiger partial charge >= 0.3 is 0 Å². The van der Waals surface area contributed by atoms with Crippen molar-refractivity contribution >= 4 is 12.1 Å². The molecule has 2 N–H and O–H groups in total. The summed E-state index contributed by atoms with van der Waals surface area (Å²) in [5, 5.41) is 13.1. The fourth-order valence-corrected chi connectivity index (χ4v) is 2.34. The highest BCUT2D eigenvalue weighted by Crippen LogP contribution is 2.19. The molecule has 0 saturated carbocycles. The molecule has 0 saturated heterocycles. The molecule has 5 heteroatoms. The lowest BCUT2D eigenvalue weighted by Gasteiger charge is -2.07. The van der Waals surface area contributed by atoms with Crippen LogP contribution in [0.2, 0.25) is 0 Å². The number of rotatable bonds is 7. The van der Waals surface area contributed by atoms with Crippen molar-refractivity contribution < 1.29 is 14.6 Å². The van der Waals surface area contributed by atoms with E-state index in [9.17, 15) is 9.90 Å². The van der Waals surface area contributed by atoms with Gasteiger partial charge in [0.05, 0.1) is 13.3 Å². The number of carbonyl (C=O) groups excluding carboxylic acids is 1. The summed E-state index contributed by atoms with van der Waals surface area (Å²) in [7, 11) is 1.66. The summed E-state index contributed by atoms with van der Waals surface area (Å²) < 4.78 is 5.24. The minimum absolute atomic E-state index is 0.115. The van der Waals surface area contributed by atoms with Gasteiger partial charge in [-0.2, -0.15) is 5.10 Å². The molecule has 0 aliphatic heterocycles. The van der Waals surface area contributed by atoms with Gasteiger partial charge in [-0.1, -0.05) is 12.1 Å². The molecule has 0 heterocycles. The van der Waals surface area contributed by atoms with Crippen molar-refractivity contribution in [3.8, 4) is 11.5 Å². The van der Waals surface area contributed by atoms with E-state index in [2.05, 4.69) is 16.6 Å². The van der Waals surface area contributed by atoms with Crippen LogP contribution in [0.4, 0.5) is 0 Å². The highest BCUT2D eigenvalue weighted by atomic mass is 16.5. The topological polar surface area (TPSA) is 70.9 Å². The number of ether oxygens (including phenoxy) is 1. The van der Waals surface area contributed by atoms with Gasteiger partial charge in [-0.15, -0.1) is 0 Å². The molecule has 0 unspecified atom stereocenters. The number of hydrogen-bond donors (Lipinski definition) is 2. The number of carbonyl (C=O) groups is 1. The lowest BCUT2D eigenvalue weighted by molar-refractivity contribution is -0.121. The first kappa shape index (κ1) is 17.5. The van der Waals surface area contributed by atoms with E-state index >= 15 is 0 Å². The van der Waals surface area contributed by atoms with Gasteiger partial charge in [0.2, 0.25) is 5.91 Å². The van der Waals surface area contributed by atoms with Gasteiger partial charge in [0.1, 0.15) is 11.5 Å². The number of hydrogen-bond acceptors (Lipinski definition) is 4. The number of aryl methyl sites for hydroxylation is 2. The van der Waals surface area contributed by atoms with Crippen LogP contribution >= 0.6 is 0 Å². The number of phenolic OH excluding ortho intramolecular Hbond substituents is 1. The van der Waals surface area contributed by atoms with E-state index in [-0.39, 0.29) is 11.7 Å². The van der Waals surface area contributed by atoms with E-state index < -0.39 is 0 Å². The Hall–Kier alpha value is -2.82. The van der Waals surface area contributed by atoms with Gasteiger partial charge in [-0.3, -0.25) is 4.79 Å². The normalized spacial score (nSPS) is 10.8. The number of amides is 1. The van der Waals surface area contributed by atoms with Crippen molar-refractivity contribution in [2.45, 2.75) is 26.2 Å². The van der Waals surface area contributed by atoms with E-state index in [0.29, 0.717) is 6.42 Å². The Morgan fingerprint density at radius 2 is 2.00 bits per heavy atom. The summed E-state index contributed by atoms with van der Waals surface area (Å²) in [5.74, 6) is 0.959. The Morgan fingerprint density at radius 1 is 1.25 bits per heavy atom. The number of benzene rings is 2. The summed E-state index contributed by atoms with van der Waals surface area (Å²) in [4.78, 5) is 11.8. The SMILES string of the molecule is COc1ccc(CCCC(=O)N/N=C/c2ccc(O)cc2)cc1C. The fraction of sp³-hybridized carbons (Fsp3) is 0.263. The summed E-state index contributed by atoms with van der Waals surface area (Å²) in [5.41, 5.74) is 5.60. The average Bonchev–Trinajstić information content (AvgIpc) is 2.57. The van der Waals surface area contributed by atoms with Crippen molar-refractivity contribution in [1.82, 2.24) is 5.43 Å². The third-order valence-electron chi connectivity index (χ3n) is 3.62. The average molecular weight is 326 g/mol. The summed E-state index contributed by atoms with van der Waals surface area (Å²) in [6, 6.07) is 12.6. The van der Waals surface area contributed by atoms with Crippen molar-refractivity contribution in [2.24, 2.45) is 5.10 Å². The third-order valence-corrected chi connectivity index (χ3v) is 3.62. The molecule has 0 fully saturated rings. The second kappa shape index (κ2) is 8.72. The largest absolute Gasteiger partial charge is 0.508 e. The highest BCUT2D eigenvalue weighted by Gasteiger charge is 2.03. The van der Waals surface area contributed by atoms with E-state index in [0.717, 1.165) is 29.7 Å². The Kier molecular flexibility index (Phi) is 6.37. The molecule has 0 aliphatic rings. The van der Waals surface area contributed by atoms with Crippen LogP contribution in [0.1, 0.15) is 29.5 Å². The lowest BCUT2D eigenvalue weighted by Crippen LogP contribution is -2.17. The molecule has 0 atom stereocenters. The van der Waals surface area contributed by atoms with Gasteiger partial charge in [0.15, 0.2) is 0 Å². The highest BCUT2D eigenvalue weighted by molar-refractivity contribution is 5.82. The second-order valence-corrected chi connectivity index (χ2v) is 5.54. The van der Waals surface area contributed by atoms with Gasteiger partial charge in [0, 0.05) is 6.42 Å². The van der Waals surface area contributed by atoms with Crippen LogP contribution in [0.3, 0.4) is 0 Å². The van der Waals surface area contributed by atoms with Crippen LogP contribution in [-0.2, 0) is 11.2 Å². The van der Waals surface area contributed by atoms with E-state index in [1.807, 2.05) is 19.1 Å². The van der Waals surface area contributed by atoms with Crippen molar-refractivity contribution in [3.63, 3.8) is 0 Å². The van der Waals surface area contributed by atoms with Gasteiger partial charge in [0.25, 0.3) is 0 Å². The first-order valence-corrected chi connectivity index (χ1v) is 7.83. The van der Waals surface area contributed by atoms with Crippen LogP contribution in [-0.4, -0.2) is 24.3 Å².